The van der Waals surface area contributed by atoms with Crippen LogP contribution in [0.15, 0.2) is 24.3 Å². The van der Waals surface area contributed by atoms with Crippen molar-refractivity contribution < 1.29 is 9.53 Å². The van der Waals surface area contributed by atoms with Crippen LogP contribution in [0.5, 0.6) is 0 Å². The van der Waals surface area contributed by atoms with Crippen LogP contribution < -0.4 is 5.73 Å². The maximum atomic E-state index is 11.6. The number of carbonyl (C=O) groups is 1. The quantitative estimate of drug-likeness (QED) is 0.673. The summed E-state index contributed by atoms with van der Waals surface area (Å²) in [6.07, 6.45) is 1.49. The molecule has 2 rings (SSSR count). The highest BCUT2D eigenvalue weighted by Gasteiger charge is 2.42. The van der Waals surface area contributed by atoms with Gasteiger partial charge in [0.25, 0.3) is 0 Å². The summed E-state index contributed by atoms with van der Waals surface area (Å²) in [5, 5.41) is 0. The monoisotopic (exact) mass is 191 g/mol. The van der Waals surface area contributed by atoms with Crippen LogP contribution >= 0.6 is 0 Å². The lowest BCUT2D eigenvalue weighted by atomic mass is 9.93. The second-order valence-corrected chi connectivity index (χ2v) is 3.62. The molecule has 1 unspecified atom stereocenters. The van der Waals surface area contributed by atoms with Gasteiger partial charge in [-0.1, -0.05) is 24.3 Å². The summed E-state index contributed by atoms with van der Waals surface area (Å²) in [4.78, 5) is 11.6. The van der Waals surface area contributed by atoms with Crippen LogP contribution in [0.3, 0.4) is 0 Å². The van der Waals surface area contributed by atoms with Gasteiger partial charge in [-0.3, -0.25) is 0 Å². The third-order valence-corrected chi connectivity index (χ3v) is 2.84. The van der Waals surface area contributed by atoms with Crippen molar-refractivity contribution in [2.45, 2.75) is 18.4 Å². The molecule has 0 bridgehead atoms. The van der Waals surface area contributed by atoms with Gasteiger partial charge < -0.3 is 10.5 Å². The van der Waals surface area contributed by atoms with E-state index in [0.717, 1.165) is 17.5 Å². The Morgan fingerprint density at radius 2 is 2.21 bits per heavy atom. The third kappa shape index (κ3) is 1.13. The molecule has 0 spiro atoms. The Labute approximate surface area is 82.9 Å². The van der Waals surface area contributed by atoms with Crippen molar-refractivity contribution in [3.63, 3.8) is 0 Å². The fourth-order valence-electron chi connectivity index (χ4n) is 2.03. The molecule has 0 radical (unpaired) electrons. The van der Waals surface area contributed by atoms with E-state index in [4.69, 9.17) is 10.5 Å². The second-order valence-electron chi connectivity index (χ2n) is 3.62. The van der Waals surface area contributed by atoms with E-state index in [-0.39, 0.29) is 5.97 Å². The Kier molecular flexibility index (Phi) is 2.04. The number of hydrogen-bond donors (Lipinski definition) is 1. The minimum Gasteiger partial charge on any atom is -0.467 e. The smallest absolute Gasteiger partial charge is 0.330 e. The minimum absolute atomic E-state index is 0.345. The molecule has 0 aliphatic heterocycles. The lowest BCUT2D eigenvalue weighted by Gasteiger charge is -2.21. The fourth-order valence-corrected chi connectivity index (χ4v) is 2.03. The first kappa shape index (κ1) is 9.21. The maximum Gasteiger partial charge on any atom is 0.330 e. The molecule has 1 aromatic carbocycles. The molecule has 14 heavy (non-hydrogen) atoms. The van der Waals surface area contributed by atoms with E-state index in [2.05, 4.69) is 0 Å². The van der Waals surface area contributed by atoms with Gasteiger partial charge in [0.15, 0.2) is 0 Å². The van der Waals surface area contributed by atoms with Crippen LogP contribution in [0.4, 0.5) is 0 Å². The number of ether oxygens (including phenoxy) is 1. The normalized spacial score (nSPS) is 24.4. The summed E-state index contributed by atoms with van der Waals surface area (Å²) in [5.41, 5.74) is 7.19. The number of nitrogens with two attached hydrogens (primary N) is 1. The maximum absolute atomic E-state index is 11.6. The van der Waals surface area contributed by atoms with Gasteiger partial charge in [-0.25, -0.2) is 4.79 Å². The molecule has 1 atom stereocenters. The molecule has 0 saturated heterocycles. The van der Waals surface area contributed by atoms with Crippen molar-refractivity contribution >= 4 is 5.97 Å². The average molecular weight is 191 g/mol. The van der Waals surface area contributed by atoms with Crippen LogP contribution in [0.1, 0.15) is 17.5 Å². The van der Waals surface area contributed by atoms with Gasteiger partial charge in [0.05, 0.1) is 7.11 Å². The molecule has 1 aliphatic carbocycles. The predicted molar refractivity (Wildman–Crippen MR) is 52.6 cm³/mol. The first-order valence-electron chi connectivity index (χ1n) is 4.64. The van der Waals surface area contributed by atoms with Gasteiger partial charge in [0.1, 0.15) is 5.54 Å². The summed E-state index contributed by atoms with van der Waals surface area (Å²) in [6, 6.07) is 7.77. The van der Waals surface area contributed by atoms with Crippen molar-refractivity contribution in [3.8, 4) is 0 Å². The van der Waals surface area contributed by atoms with Crippen LogP contribution in [0, 0.1) is 0 Å². The molecule has 3 heteroatoms. The zero-order valence-corrected chi connectivity index (χ0v) is 8.12. The molecule has 1 aromatic rings. The van der Waals surface area contributed by atoms with E-state index in [0.29, 0.717) is 6.42 Å². The number of aryl methyl sites for hydroxylation is 1. The van der Waals surface area contributed by atoms with Gasteiger partial charge in [-0.2, -0.15) is 0 Å². The Hall–Kier alpha value is -1.35. The zero-order valence-electron chi connectivity index (χ0n) is 8.12. The van der Waals surface area contributed by atoms with Gasteiger partial charge in [-0.05, 0) is 24.0 Å². The number of carbonyl (C=O) groups excluding carboxylic acids is 1. The fraction of sp³-hybridized carbons (Fsp3) is 0.364. The lowest BCUT2D eigenvalue weighted by Crippen LogP contribution is -2.43. The van der Waals surface area contributed by atoms with E-state index >= 15 is 0 Å². The predicted octanol–water partition coefficient (Wildman–Crippen LogP) is 0.960. The van der Waals surface area contributed by atoms with Crippen LogP contribution in [-0.2, 0) is 21.5 Å². The summed E-state index contributed by atoms with van der Waals surface area (Å²) < 4.78 is 4.73. The Morgan fingerprint density at radius 1 is 1.50 bits per heavy atom. The first-order valence-corrected chi connectivity index (χ1v) is 4.64. The van der Waals surface area contributed by atoms with Crippen LogP contribution in [0.25, 0.3) is 0 Å². The van der Waals surface area contributed by atoms with Gasteiger partial charge >= 0.3 is 5.97 Å². The number of hydrogen-bond acceptors (Lipinski definition) is 3. The largest absolute Gasteiger partial charge is 0.467 e. The van der Waals surface area contributed by atoms with Crippen molar-refractivity contribution in [3.05, 3.63) is 35.4 Å². The molecule has 74 valence electrons. The first-order chi connectivity index (χ1) is 6.68. The molecule has 0 saturated carbocycles. The number of fused-ring (bicyclic) bond motifs is 1. The number of benzene rings is 1. The minimum atomic E-state index is -0.925. The number of rotatable bonds is 1. The molecule has 0 heterocycles. The average Bonchev–Trinajstić information content (AvgIpc) is 2.58. The summed E-state index contributed by atoms with van der Waals surface area (Å²) in [6.45, 7) is 0. The Morgan fingerprint density at radius 3 is 2.93 bits per heavy atom. The topological polar surface area (TPSA) is 52.3 Å². The standard InChI is InChI=1S/C11H13NO2/c1-14-10(13)11(12)7-6-8-4-2-3-5-9(8)11/h2-5H,6-7,12H2,1H3. The van der Waals surface area contributed by atoms with Crippen LogP contribution in [0.2, 0.25) is 0 Å². The lowest BCUT2D eigenvalue weighted by molar-refractivity contribution is -0.147. The van der Waals surface area contributed by atoms with Crippen molar-refractivity contribution in [1.29, 1.82) is 0 Å². The van der Waals surface area contributed by atoms with Gasteiger partial charge in [0.2, 0.25) is 0 Å². The summed E-state index contributed by atoms with van der Waals surface area (Å²) in [5.74, 6) is -0.345. The second kappa shape index (κ2) is 3.10. The number of esters is 1. The molecule has 0 fully saturated rings. The van der Waals surface area contributed by atoms with Crippen LogP contribution in [-0.4, -0.2) is 13.1 Å². The van der Waals surface area contributed by atoms with E-state index in [1.165, 1.54) is 7.11 Å². The highest BCUT2D eigenvalue weighted by atomic mass is 16.5. The Balaban J connectivity index is 2.47. The van der Waals surface area contributed by atoms with Gasteiger partial charge in [-0.15, -0.1) is 0 Å². The van der Waals surface area contributed by atoms with E-state index < -0.39 is 5.54 Å². The van der Waals surface area contributed by atoms with Crippen molar-refractivity contribution in [2.75, 3.05) is 7.11 Å². The molecular formula is C11H13NO2. The van der Waals surface area contributed by atoms with Crippen molar-refractivity contribution in [1.82, 2.24) is 0 Å². The Bertz CT molecular complexity index is 375. The molecule has 0 aromatic heterocycles. The third-order valence-electron chi connectivity index (χ3n) is 2.84. The highest BCUT2D eigenvalue weighted by Crippen LogP contribution is 2.35. The van der Waals surface area contributed by atoms with E-state index in [1.807, 2.05) is 24.3 Å². The molecule has 2 N–H and O–H groups in total. The SMILES string of the molecule is COC(=O)C1(N)CCc2ccccc21. The molecule has 1 aliphatic rings. The van der Waals surface area contributed by atoms with E-state index in [9.17, 15) is 4.79 Å². The highest BCUT2D eigenvalue weighted by molar-refractivity contribution is 5.83. The van der Waals surface area contributed by atoms with Gasteiger partial charge in [0, 0.05) is 0 Å². The molecule has 3 nitrogen and oxygen atoms in total. The molecular weight excluding hydrogens is 178 g/mol. The number of methoxy groups -OCH3 is 1. The summed E-state index contributed by atoms with van der Waals surface area (Å²) in [7, 11) is 1.37. The summed E-state index contributed by atoms with van der Waals surface area (Å²) >= 11 is 0. The van der Waals surface area contributed by atoms with E-state index in [1.54, 1.807) is 0 Å². The van der Waals surface area contributed by atoms with Crippen molar-refractivity contribution in [2.24, 2.45) is 5.73 Å². The molecule has 0 amide bonds. The zero-order chi connectivity index (χ0) is 10.2.